The molecule has 1 aromatic carbocycles. The summed E-state index contributed by atoms with van der Waals surface area (Å²) in [6.45, 7) is 2.14. The van der Waals surface area contributed by atoms with Crippen molar-refractivity contribution < 1.29 is 5.11 Å². The zero-order valence-corrected chi connectivity index (χ0v) is 13.2. The van der Waals surface area contributed by atoms with Crippen LogP contribution in [0.1, 0.15) is 44.3 Å². The maximum atomic E-state index is 10.7. The number of aliphatic hydroxyl groups excluding tert-OH is 1. The molecule has 0 aromatic heterocycles. The van der Waals surface area contributed by atoms with Gasteiger partial charge in [0, 0.05) is 15.1 Å². The van der Waals surface area contributed by atoms with Crippen LogP contribution in [-0.4, -0.2) is 5.11 Å². The van der Waals surface area contributed by atoms with Crippen molar-refractivity contribution in [1.82, 2.24) is 0 Å². The summed E-state index contributed by atoms with van der Waals surface area (Å²) in [7, 11) is 0. The molecule has 1 aliphatic carbocycles. The molecule has 0 amide bonds. The highest BCUT2D eigenvalue weighted by Gasteiger charge is 2.45. The molecular weight excluding hydrogens is 326 g/mol. The first kappa shape index (κ1) is 14.8. The number of rotatable bonds is 3. The highest BCUT2D eigenvalue weighted by molar-refractivity contribution is 9.10. The van der Waals surface area contributed by atoms with Gasteiger partial charge in [-0.15, -0.1) is 0 Å². The number of hydrogen-bond acceptors (Lipinski definition) is 2. The van der Waals surface area contributed by atoms with Crippen molar-refractivity contribution in [2.24, 2.45) is 11.3 Å². The average molecular weight is 343 g/mol. The molecule has 3 unspecified atom stereocenters. The zero-order valence-electron chi connectivity index (χ0n) is 10.9. The number of halogens is 2. The van der Waals surface area contributed by atoms with Crippen LogP contribution in [0.25, 0.3) is 0 Å². The SMILES string of the molecule is CCC1CCC(C#N)(C(O)c2cc(Br)ccc2Cl)C1. The van der Waals surface area contributed by atoms with Crippen molar-refractivity contribution >= 4 is 27.5 Å². The lowest BCUT2D eigenvalue weighted by atomic mass is 9.78. The van der Waals surface area contributed by atoms with Gasteiger partial charge < -0.3 is 5.11 Å². The van der Waals surface area contributed by atoms with Gasteiger partial charge in [-0.3, -0.25) is 0 Å². The Labute approximate surface area is 127 Å². The summed E-state index contributed by atoms with van der Waals surface area (Å²) in [6, 6.07) is 7.76. The standard InChI is InChI=1S/C15H17BrClNO/c1-2-10-5-6-15(8-10,9-18)14(19)12-7-11(16)3-4-13(12)17/h3-4,7,10,14,19H,2,5-6,8H2,1H3. The second-order valence-electron chi connectivity index (χ2n) is 5.35. The third-order valence-electron chi connectivity index (χ3n) is 4.23. The Balaban J connectivity index is 2.34. The number of hydrogen-bond donors (Lipinski definition) is 1. The summed E-state index contributed by atoms with van der Waals surface area (Å²) in [5, 5.41) is 20.7. The van der Waals surface area contributed by atoms with E-state index in [1.54, 1.807) is 6.07 Å². The van der Waals surface area contributed by atoms with Gasteiger partial charge in [0.1, 0.15) is 0 Å². The van der Waals surface area contributed by atoms with Crippen LogP contribution in [-0.2, 0) is 0 Å². The first-order chi connectivity index (χ1) is 9.02. The van der Waals surface area contributed by atoms with Crippen LogP contribution in [0.2, 0.25) is 5.02 Å². The summed E-state index contributed by atoms with van der Waals surface area (Å²) in [5.41, 5.74) is -0.0418. The Morgan fingerprint density at radius 2 is 2.37 bits per heavy atom. The van der Waals surface area contributed by atoms with Crippen molar-refractivity contribution in [1.29, 1.82) is 5.26 Å². The van der Waals surface area contributed by atoms with Crippen molar-refractivity contribution in [2.45, 2.75) is 38.7 Å². The monoisotopic (exact) mass is 341 g/mol. The van der Waals surface area contributed by atoms with Crippen LogP contribution in [0, 0.1) is 22.7 Å². The Hall–Kier alpha value is -0.560. The quantitative estimate of drug-likeness (QED) is 0.852. The van der Waals surface area contributed by atoms with Gasteiger partial charge in [0.2, 0.25) is 0 Å². The van der Waals surface area contributed by atoms with E-state index in [1.807, 2.05) is 12.1 Å². The van der Waals surface area contributed by atoms with Gasteiger partial charge in [0.05, 0.1) is 17.6 Å². The van der Waals surface area contributed by atoms with E-state index in [9.17, 15) is 10.4 Å². The fraction of sp³-hybridized carbons (Fsp3) is 0.533. The normalized spacial score (nSPS) is 28.1. The van der Waals surface area contributed by atoms with E-state index in [4.69, 9.17) is 11.6 Å². The van der Waals surface area contributed by atoms with E-state index in [-0.39, 0.29) is 0 Å². The molecule has 1 saturated carbocycles. The van der Waals surface area contributed by atoms with E-state index in [2.05, 4.69) is 28.9 Å². The molecule has 0 bridgehead atoms. The van der Waals surface area contributed by atoms with E-state index in [0.717, 1.165) is 30.2 Å². The minimum atomic E-state index is -0.820. The molecule has 0 aliphatic heterocycles. The van der Waals surface area contributed by atoms with Gasteiger partial charge in [-0.25, -0.2) is 0 Å². The molecule has 19 heavy (non-hydrogen) atoms. The van der Waals surface area contributed by atoms with E-state index in [1.165, 1.54) is 0 Å². The molecule has 0 radical (unpaired) electrons. The summed E-state index contributed by atoms with van der Waals surface area (Å²) < 4.78 is 0.865. The van der Waals surface area contributed by atoms with Crippen LogP contribution >= 0.6 is 27.5 Å². The van der Waals surface area contributed by atoms with E-state index < -0.39 is 11.5 Å². The Morgan fingerprint density at radius 3 is 2.95 bits per heavy atom. The molecule has 102 valence electrons. The van der Waals surface area contributed by atoms with Gasteiger partial charge in [0.25, 0.3) is 0 Å². The lowest BCUT2D eigenvalue weighted by molar-refractivity contribution is 0.0641. The molecule has 4 heteroatoms. The lowest BCUT2D eigenvalue weighted by Crippen LogP contribution is -2.25. The first-order valence-electron chi connectivity index (χ1n) is 6.56. The molecule has 0 heterocycles. The van der Waals surface area contributed by atoms with Crippen molar-refractivity contribution in [3.8, 4) is 6.07 Å². The van der Waals surface area contributed by atoms with Gasteiger partial charge in [-0.2, -0.15) is 5.26 Å². The predicted octanol–water partition coefficient (Wildman–Crippen LogP) is 4.86. The third-order valence-corrected chi connectivity index (χ3v) is 5.07. The molecule has 1 fully saturated rings. The predicted molar refractivity (Wildman–Crippen MR) is 79.8 cm³/mol. The number of nitrogens with zero attached hydrogens (tertiary/aromatic N) is 1. The highest BCUT2D eigenvalue weighted by atomic mass is 79.9. The van der Waals surface area contributed by atoms with Gasteiger partial charge >= 0.3 is 0 Å². The second-order valence-corrected chi connectivity index (χ2v) is 6.68. The van der Waals surface area contributed by atoms with Crippen molar-refractivity contribution in [3.05, 3.63) is 33.3 Å². The molecule has 2 rings (SSSR count). The topological polar surface area (TPSA) is 44.0 Å². The van der Waals surface area contributed by atoms with Crippen LogP contribution < -0.4 is 0 Å². The maximum absolute atomic E-state index is 10.7. The molecule has 2 nitrogen and oxygen atoms in total. The number of benzene rings is 1. The van der Waals surface area contributed by atoms with Crippen LogP contribution in [0.4, 0.5) is 0 Å². The molecule has 3 atom stereocenters. The Morgan fingerprint density at radius 1 is 1.63 bits per heavy atom. The highest BCUT2D eigenvalue weighted by Crippen LogP contribution is 2.51. The average Bonchev–Trinajstić information content (AvgIpc) is 2.85. The van der Waals surface area contributed by atoms with Crippen molar-refractivity contribution in [2.75, 3.05) is 0 Å². The summed E-state index contributed by atoms with van der Waals surface area (Å²) in [4.78, 5) is 0. The lowest BCUT2D eigenvalue weighted by Gasteiger charge is -2.28. The fourth-order valence-corrected chi connectivity index (χ4v) is 3.56. The molecule has 0 spiro atoms. The molecule has 0 saturated heterocycles. The van der Waals surface area contributed by atoms with Gasteiger partial charge in [-0.1, -0.05) is 40.9 Å². The largest absolute Gasteiger partial charge is 0.387 e. The molecule has 1 N–H and O–H groups in total. The van der Waals surface area contributed by atoms with Gasteiger partial charge in [0.15, 0.2) is 0 Å². The van der Waals surface area contributed by atoms with Gasteiger partial charge in [-0.05, 0) is 43.4 Å². The van der Waals surface area contributed by atoms with E-state index >= 15 is 0 Å². The van der Waals surface area contributed by atoms with Crippen molar-refractivity contribution in [3.63, 3.8) is 0 Å². The molecule has 1 aliphatic rings. The van der Waals surface area contributed by atoms with Crippen LogP contribution in [0.5, 0.6) is 0 Å². The fourth-order valence-electron chi connectivity index (χ4n) is 2.96. The second kappa shape index (κ2) is 5.83. The van der Waals surface area contributed by atoms with Crippen LogP contribution in [0.15, 0.2) is 22.7 Å². The van der Waals surface area contributed by atoms with Crippen LogP contribution in [0.3, 0.4) is 0 Å². The molecular formula is C15H17BrClNO. The first-order valence-corrected chi connectivity index (χ1v) is 7.74. The Bertz CT molecular complexity index is 513. The minimum Gasteiger partial charge on any atom is -0.387 e. The maximum Gasteiger partial charge on any atom is 0.0991 e. The minimum absolute atomic E-state index is 0.519. The summed E-state index contributed by atoms with van der Waals surface area (Å²) in [5.74, 6) is 0.528. The number of nitriles is 1. The third kappa shape index (κ3) is 2.81. The summed E-state index contributed by atoms with van der Waals surface area (Å²) >= 11 is 9.55. The van der Waals surface area contributed by atoms with E-state index in [0.29, 0.717) is 16.5 Å². The summed E-state index contributed by atoms with van der Waals surface area (Å²) in [6.07, 6.45) is 2.74. The zero-order chi connectivity index (χ0) is 14.0. The smallest absolute Gasteiger partial charge is 0.0991 e. The molecule has 1 aromatic rings. The number of aliphatic hydroxyl groups is 1. The Kier molecular flexibility index (Phi) is 4.55.